The molecule has 1 aromatic heterocycles. The van der Waals surface area contributed by atoms with Gasteiger partial charge in [-0.25, -0.2) is 0 Å². The lowest BCUT2D eigenvalue weighted by atomic mass is 9.87. The first-order valence-electron chi connectivity index (χ1n) is 9.40. The molecular weight excluding hydrogens is 356 g/mol. The predicted octanol–water partition coefficient (Wildman–Crippen LogP) is 2.27. The molecule has 0 bridgehead atoms. The summed E-state index contributed by atoms with van der Waals surface area (Å²) < 4.78 is 0. The number of likely N-dealkylation sites (tertiary alicyclic amines) is 1. The molecule has 0 spiro atoms. The maximum Gasteiger partial charge on any atom is 0.238 e. The molecule has 3 rings (SSSR count). The third kappa shape index (κ3) is 4.94. The second-order valence-corrected chi connectivity index (χ2v) is 7.30. The number of carbonyl (C=O) groups excluding carboxylic acids is 2. The van der Waals surface area contributed by atoms with Crippen molar-refractivity contribution in [3.05, 3.63) is 53.9 Å². The maximum atomic E-state index is 12.4. The average Bonchev–Trinajstić information content (AvgIpc) is 2.65. The van der Waals surface area contributed by atoms with E-state index in [4.69, 9.17) is 0 Å². The topological polar surface area (TPSA) is 94.6 Å². The van der Waals surface area contributed by atoms with Crippen LogP contribution in [0.3, 0.4) is 0 Å². The molecule has 0 aliphatic carbocycles. The molecule has 148 valence electrons. The van der Waals surface area contributed by atoms with E-state index in [0.717, 1.165) is 5.56 Å². The molecule has 1 aliphatic rings. The van der Waals surface area contributed by atoms with Crippen molar-refractivity contribution in [2.45, 2.75) is 32.3 Å². The Kier molecular flexibility index (Phi) is 6.06. The van der Waals surface area contributed by atoms with Gasteiger partial charge in [0.25, 0.3) is 0 Å². The Morgan fingerprint density at radius 3 is 2.32 bits per heavy atom. The van der Waals surface area contributed by atoms with Gasteiger partial charge >= 0.3 is 0 Å². The monoisotopic (exact) mass is 382 g/mol. The molecule has 28 heavy (non-hydrogen) atoms. The van der Waals surface area contributed by atoms with Crippen LogP contribution in [0.5, 0.6) is 0 Å². The van der Waals surface area contributed by atoms with Gasteiger partial charge in [-0.15, -0.1) is 0 Å². The highest BCUT2D eigenvalue weighted by Gasteiger charge is 2.35. The van der Waals surface area contributed by atoms with Gasteiger partial charge in [0.15, 0.2) is 0 Å². The van der Waals surface area contributed by atoms with Crippen LogP contribution in [0.1, 0.15) is 31.0 Å². The summed E-state index contributed by atoms with van der Waals surface area (Å²) in [5.74, 6) is -0.349. The SMILES string of the molecule is CC(=O)Nc1ccccc1NC(=O)CN1CCC(O)(c2ccc(C)cn2)CC1. The standard InChI is InChI=1S/C21H26N4O3/c1-15-7-8-19(22-13-15)21(28)9-11-25(12-10-21)14-20(27)24-18-6-4-3-5-17(18)23-16(2)26/h3-8,13,28H,9-12,14H2,1-2H3,(H,23,26)(H,24,27). The van der Waals surface area contributed by atoms with E-state index in [2.05, 4.69) is 15.6 Å². The van der Waals surface area contributed by atoms with Crippen LogP contribution in [0.2, 0.25) is 0 Å². The minimum Gasteiger partial charge on any atom is -0.383 e. The van der Waals surface area contributed by atoms with Crippen LogP contribution >= 0.6 is 0 Å². The molecule has 1 saturated heterocycles. The van der Waals surface area contributed by atoms with E-state index in [1.807, 2.05) is 24.0 Å². The molecule has 2 heterocycles. The molecule has 2 amide bonds. The summed E-state index contributed by atoms with van der Waals surface area (Å²) in [4.78, 5) is 30.1. The number of nitrogens with one attached hydrogen (secondary N) is 2. The maximum absolute atomic E-state index is 12.4. The van der Waals surface area contributed by atoms with Crippen molar-refractivity contribution in [1.29, 1.82) is 0 Å². The number of aliphatic hydroxyl groups is 1. The van der Waals surface area contributed by atoms with Gasteiger partial charge in [0.1, 0.15) is 5.60 Å². The lowest BCUT2D eigenvalue weighted by molar-refractivity contribution is -0.119. The normalized spacial score (nSPS) is 16.4. The van der Waals surface area contributed by atoms with Crippen LogP contribution in [0.25, 0.3) is 0 Å². The zero-order chi connectivity index (χ0) is 20.1. The Balaban J connectivity index is 1.56. The van der Waals surface area contributed by atoms with Crippen molar-refractivity contribution >= 4 is 23.2 Å². The number of anilines is 2. The Hall–Kier alpha value is -2.77. The first kappa shape index (κ1) is 20.0. The summed E-state index contributed by atoms with van der Waals surface area (Å²) in [6, 6.07) is 10.9. The first-order chi connectivity index (χ1) is 13.4. The van der Waals surface area contributed by atoms with Crippen LogP contribution in [0, 0.1) is 6.92 Å². The lowest BCUT2D eigenvalue weighted by Gasteiger charge is -2.37. The summed E-state index contributed by atoms with van der Waals surface area (Å²) in [5, 5.41) is 16.5. The molecule has 0 saturated carbocycles. The van der Waals surface area contributed by atoms with Crippen LogP contribution in [0.4, 0.5) is 11.4 Å². The first-order valence-corrected chi connectivity index (χ1v) is 9.40. The van der Waals surface area contributed by atoms with Crippen LogP contribution in [-0.4, -0.2) is 46.4 Å². The van der Waals surface area contributed by atoms with E-state index in [0.29, 0.717) is 43.0 Å². The number of carbonyl (C=O) groups is 2. The third-order valence-corrected chi connectivity index (χ3v) is 4.95. The number of amides is 2. The van der Waals surface area contributed by atoms with Gasteiger partial charge in [0, 0.05) is 26.2 Å². The molecule has 3 N–H and O–H groups in total. The Labute approximate surface area is 164 Å². The van der Waals surface area contributed by atoms with Crippen LogP contribution < -0.4 is 10.6 Å². The second-order valence-electron chi connectivity index (χ2n) is 7.30. The van der Waals surface area contributed by atoms with Crippen molar-refractivity contribution in [3.8, 4) is 0 Å². The Morgan fingerprint density at radius 1 is 1.11 bits per heavy atom. The molecule has 0 atom stereocenters. The highest BCUT2D eigenvalue weighted by atomic mass is 16.3. The molecule has 1 fully saturated rings. The fraction of sp³-hybridized carbons (Fsp3) is 0.381. The van der Waals surface area contributed by atoms with Crippen molar-refractivity contribution in [2.24, 2.45) is 0 Å². The highest BCUT2D eigenvalue weighted by molar-refractivity contribution is 5.99. The van der Waals surface area contributed by atoms with Gasteiger partial charge in [-0.2, -0.15) is 0 Å². The average molecular weight is 382 g/mol. The van der Waals surface area contributed by atoms with E-state index < -0.39 is 5.60 Å². The third-order valence-electron chi connectivity index (χ3n) is 4.95. The van der Waals surface area contributed by atoms with Gasteiger partial charge in [-0.05, 0) is 43.5 Å². The van der Waals surface area contributed by atoms with E-state index in [1.165, 1.54) is 6.92 Å². The van der Waals surface area contributed by atoms with E-state index in [-0.39, 0.29) is 18.4 Å². The molecule has 2 aromatic rings. The van der Waals surface area contributed by atoms with Gasteiger partial charge in [-0.3, -0.25) is 19.5 Å². The van der Waals surface area contributed by atoms with E-state index in [1.54, 1.807) is 30.5 Å². The summed E-state index contributed by atoms with van der Waals surface area (Å²) in [6.07, 6.45) is 2.82. The number of nitrogens with zero attached hydrogens (tertiary/aromatic N) is 2. The predicted molar refractivity (Wildman–Crippen MR) is 108 cm³/mol. The minimum absolute atomic E-state index is 0.156. The van der Waals surface area contributed by atoms with Crippen molar-refractivity contribution in [3.63, 3.8) is 0 Å². The number of para-hydroxylation sites is 2. The van der Waals surface area contributed by atoms with Gasteiger partial charge in [0.2, 0.25) is 11.8 Å². The number of pyridine rings is 1. The number of hydrogen-bond acceptors (Lipinski definition) is 5. The lowest BCUT2D eigenvalue weighted by Crippen LogP contribution is -2.45. The zero-order valence-corrected chi connectivity index (χ0v) is 16.2. The van der Waals surface area contributed by atoms with Crippen molar-refractivity contribution in [1.82, 2.24) is 9.88 Å². The van der Waals surface area contributed by atoms with Crippen LogP contribution in [-0.2, 0) is 15.2 Å². The fourth-order valence-electron chi connectivity index (χ4n) is 3.36. The molecule has 7 nitrogen and oxygen atoms in total. The molecule has 0 radical (unpaired) electrons. The quantitative estimate of drug-likeness (QED) is 0.737. The van der Waals surface area contributed by atoms with Crippen molar-refractivity contribution < 1.29 is 14.7 Å². The van der Waals surface area contributed by atoms with Crippen molar-refractivity contribution in [2.75, 3.05) is 30.3 Å². The Morgan fingerprint density at radius 2 is 1.75 bits per heavy atom. The number of hydrogen-bond donors (Lipinski definition) is 3. The summed E-state index contributed by atoms with van der Waals surface area (Å²) in [5.41, 5.74) is 1.94. The number of aryl methyl sites for hydroxylation is 1. The van der Waals surface area contributed by atoms with Gasteiger partial charge in [0.05, 0.1) is 23.6 Å². The van der Waals surface area contributed by atoms with Crippen LogP contribution in [0.15, 0.2) is 42.6 Å². The smallest absolute Gasteiger partial charge is 0.238 e. The molecule has 0 unspecified atom stereocenters. The number of benzene rings is 1. The van der Waals surface area contributed by atoms with E-state index in [9.17, 15) is 14.7 Å². The Bertz CT molecular complexity index is 843. The van der Waals surface area contributed by atoms with E-state index >= 15 is 0 Å². The van der Waals surface area contributed by atoms with Gasteiger partial charge in [-0.1, -0.05) is 18.2 Å². The second kappa shape index (κ2) is 8.50. The minimum atomic E-state index is -0.946. The molecule has 1 aromatic carbocycles. The number of aromatic nitrogens is 1. The summed E-state index contributed by atoms with van der Waals surface area (Å²) in [7, 11) is 0. The van der Waals surface area contributed by atoms with Gasteiger partial charge < -0.3 is 15.7 Å². The largest absolute Gasteiger partial charge is 0.383 e. The summed E-state index contributed by atoms with van der Waals surface area (Å²) in [6.45, 7) is 4.83. The molecule has 7 heteroatoms. The fourth-order valence-corrected chi connectivity index (χ4v) is 3.36. The zero-order valence-electron chi connectivity index (χ0n) is 16.2. The molecule has 1 aliphatic heterocycles. The summed E-state index contributed by atoms with van der Waals surface area (Å²) >= 11 is 0. The highest BCUT2D eigenvalue weighted by Crippen LogP contribution is 2.31. The molecular formula is C21H26N4O3. The number of rotatable bonds is 5. The number of piperidine rings is 1.